The van der Waals surface area contributed by atoms with E-state index in [1.54, 1.807) is 19.1 Å². The fourth-order valence-corrected chi connectivity index (χ4v) is 5.34. The summed E-state index contributed by atoms with van der Waals surface area (Å²) in [7, 11) is -3.05. The number of sulfone groups is 1. The van der Waals surface area contributed by atoms with Gasteiger partial charge in [0.2, 0.25) is 5.78 Å². The third-order valence-electron chi connectivity index (χ3n) is 4.96. The molecule has 0 N–H and O–H groups in total. The number of hydrogen-bond acceptors (Lipinski definition) is 5. The van der Waals surface area contributed by atoms with Crippen molar-refractivity contribution in [3.8, 4) is 0 Å². The van der Waals surface area contributed by atoms with E-state index in [1.165, 1.54) is 24.3 Å². The van der Waals surface area contributed by atoms with E-state index in [-0.39, 0.29) is 23.3 Å². The lowest BCUT2D eigenvalue weighted by molar-refractivity contribution is -0.136. The highest BCUT2D eigenvalue weighted by Crippen LogP contribution is 2.29. The van der Waals surface area contributed by atoms with Crippen molar-refractivity contribution in [1.29, 1.82) is 0 Å². The van der Waals surface area contributed by atoms with Crippen molar-refractivity contribution >= 4 is 27.7 Å². The molecule has 1 aliphatic rings. The Morgan fingerprint density at radius 1 is 1.28 bits per heavy atom. The van der Waals surface area contributed by atoms with Gasteiger partial charge in [-0.2, -0.15) is 0 Å². The van der Waals surface area contributed by atoms with Crippen molar-refractivity contribution in [2.24, 2.45) is 0 Å². The van der Waals surface area contributed by atoms with Crippen molar-refractivity contribution in [2.45, 2.75) is 26.3 Å². The van der Waals surface area contributed by atoms with Crippen molar-refractivity contribution in [1.82, 2.24) is 4.57 Å². The van der Waals surface area contributed by atoms with Crippen LogP contribution in [0.4, 0.5) is 4.39 Å². The summed E-state index contributed by atoms with van der Waals surface area (Å²) in [6.45, 7) is 3.15. The minimum atomic E-state index is -3.05. The molecule has 1 aromatic heterocycles. The molecule has 29 heavy (non-hydrogen) atoms. The number of halogens is 1. The van der Waals surface area contributed by atoms with Crippen LogP contribution in [0, 0.1) is 19.7 Å². The summed E-state index contributed by atoms with van der Waals surface area (Å²) < 4.78 is 43.6. The van der Waals surface area contributed by atoms with Crippen LogP contribution < -0.4 is 0 Å². The van der Waals surface area contributed by atoms with Gasteiger partial charge in [0.05, 0.1) is 11.5 Å². The molecule has 1 atom stereocenters. The average Bonchev–Trinajstić information content (AvgIpc) is 3.16. The van der Waals surface area contributed by atoms with Gasteiger partial charge in [0.25, 0.3) is 0 Å². The Hall–Kier alpha value is -2.74. The van der Waals surface area contributed by atoms with E-state index in [0.717, 1.165) is 11.8 Å². The second-order valence-electron chi connectivity index (χ2n) is 7.13. The molecule has 0 saturated carbocycles. The van der Waals surface area contributed by atoms with Crippen LogP contribution in [0.2, 0.25) is 0 Å². The van der Waals surface area contributed by atoms with Gasteiger partial charge in [0.15, 0.2) is 16.4 Å². The number of ether oxygens (including phenoxy) is 1. The quantitative estimate of drug-likeness (QED) is 0.408. The van der Waals surface area contributed by atoms with Crippen LogP contribution in [-0.4, -0.2) is 42.9 Å². The number of hydrogen-bond donors (Lipinski definition) is 0. The van der Waals surface area contributed by atoms with Crippen molar-refractivity contribution in [2.75, 3.05) is 18.1 Å². The molecule has 6 nitrogen and oxygen atoms in total. The topological polar surface area (TPSA) is 82.4 Å². The van der Waals surface area contributed by atoms with Gasteiger partial charge < -0.3 is 9.30 Å². The Kier molecular flexibility index (Phi) is 6.02. The molecule has 0 aliphatic carbocycles. The van der Waals surface area contributed by atoms with Crippen molar-refractivity contribution in [3.63, 3.8) is 0 Å². The second kappa shape index (κ2) is 8.32. The van der Waals surface area contributed by atoms with Crippen LogP contribution in [0.25, 0.3) is 6.08 Å². The smallest absolute Gasteiger partial charge is 0.331 e. The molecule has 1 aliphatic heterocycles. The first-order valence-corrected chi connectivity index (χ1v) is 11.0. The van der Waals surface area contributed by atoms with Gasteiger partial charge in [-0.05, 0) is 50.1 Å². The summed E-state index contributed by atoms with van der Waals surface area (Å²) in [5.41, 5.74) is 2.38. The number of carbonyl (C=O) groups excluding carboxylic acids is 2. The first kappa shape index (κ1) is 21.0. The van der Waals surface area contributed by atoms with E-state index in [4.69, 9.17) is 4.74 Å². The Bertz CT molecular complexity index is 1080. The number of rotatable bonds is 6. The largest absolute Gasteiger partial charge is 0.454 e. The molecule has 2 aromatic rings. The number of aryl methyl sites for hydroxylation is 1. The van der Waals surface area contributed by atoms with Gasteiger partial charge in [-0.25, -0.2) is 17.6 Å². The van der Waals surface area contributed by atoms with E-state index >= 15 is 0 Å². The monoisotopic (exact) mass is 419 g/mol. The summed E-state index contributed by atoms with van der Waals surface area (Å²) in [5.74, 6) is -1.28. The molecule has 3 rings (SSSR count). The van der Waals surface area contributed by atoms with E-state index in [2.05, 4.69) is 0 Å². The molecule has 8 heteroatoms. The van der Waals surface area contributed by atoms with E-state index in [0.29, 0.717) is 23.2 Å². The van der Waals surface area contributed by atoms with E-state index in [1.807, 2.05) is 11.5 Å². The summed E-state index contributed by atoms with van der Waals surface area (Å²) in [4.78, 5) is 24.4. The molecule has 1 aromatic carbocycles. The molecule has 0 bridgehead atoms. The maximum absolute atomic E-state index is 13.1. The lowest BCUT2D eigenvalue weighted by atomic mass is 10.1. The minimum absolute atomic E-state index is 0.0663. The van der Waals surface area contributed by atoms with Gasteiger partial charge in [-0.15, -0.1) is 0 Å². The SMILES string of the molecule is Cc1cc(C(=O)COC(=O)/C=C/c2cccc(F)c2)c(C)n1C1CCS(=O)(=O)C1. The summed E-state index contributed by atoms with van der Waals surface area (Å²) in [5, 5.41) is 0. The summed E-state index contributed by atoms with van der Waals surface area (Å²) >= 11 is 0. The molecule has 1 saturated heterocycles. The maximum Gasteiger partial charge on any atom is 0.331 e. The molecule has 1 unspecified atom stereocenters. The molecule has 0 amide bonds. The zero-order chi connectivity index (χ0) is 21.2. The molecule has 2 heterocycles. The van der Waals surface area contributed by atoms with Crippen LogP contribution in [0.5, 0.6) is 0 Å². The molecular weight excluding hydrogens is 397 g/mol. The standard InChI is InChI=1S/C21H22FNO5S/c1-14-10-19(15(2)23(14)18-8-9-29(26,27)13-18)20(24)12-28-21(25)7-6-16-4-3-5-17(22)11-16/h3-7,10-11,18H,8-9,12-13H2,1-2H3/b7-6+. The Balaban J connectivity index is 1.64. The lowest BCUT2D eigenvalue weighted by Gasteiger charge is -2.16. The van der Waals surface area contributed by atoms with Crippen LogP contribution in [0.3, 0.4) is 0 Å². The van der Waals surface area contributed by atoms with Crippen molar-refractivity contribution in [3.05, 3.63) is 64.7 Å². The van der Waals surface area contributed by atoms with Crippen LogP contribution in [0.1, 0.15) is 39.8 Å². The average molecular weight is 419 g/mol. The van der Waals surface area contributed by atoms with Crippen LogP contribution >= 0.6 is 0 Å². The normalized spacial score (nSPS) is 18.2. The van der Waals surface area contributed by atoms with Gasteiger partial charge >= 0.3 is 5.97 Å². The third kappa shape index (κ3) is 5.00. The van der Waals surface area contributed by atoms with Crippen molar-refractivity contribution < 1.29 is 27.1 Å². The minimum Gasteiger partial charge on any atom is -0.454 e. The molecule has 0 radical (unpaired) electrons. The van der Waals surface area contributed by atoms with E-state index < -0.39 is 28.2 Å². The first-order chi connectivity index (χ1) is 13.7. The fraction of sp³-hybridized carbons (Fsp3) is 0.333. The number of aromatic nitrogens is 1. The Labute approximate surface area is 168 Å². The fourth-order valence-electron chi connectivity index (χ4n) is 3.64. The van der Waals surface area contributed by atoms with Gasteiger partial charge in [-0.1, -0.05) is 12.1 Å². The number of carbonyl (C=O) groups is 2. The van der Waals surface area contributed by atoms with Gasteiger partial charge in [-0.3, -0.25) is 4.79 Å². The molecule has 154 valence electrons. The van der Waals surface area contributed by atoms with Gasteiger partial charge in [0.1, 0.15) is 5.82 Å². The highest BCUT2D eigenvalue weighted by atomic mass is 32.2. The number of benzene rings is 1. The summed E-state index contributed by atoms with van der Waals surface area (Å²) in [6, 6.07) is 7.24. The Morgan fingerprint density at radius 3 is 2.69 bits per heavy atom. The van der Waals surface area contributed by atoms with Crippen LogP contribution in [-0.2, 0) is 19.4 Å². The number of esters is 1. The highest BCUT2D eigenvalue weighted by Gasteiger charge is 2.31. The highest BCUT2D eigenvalue weighted by molar-refractivity contribution is 7.91. The first-order valence-electron chi connectivity index (χ1n) is 9.19. The molecule has 0 spiro atoms. The molecular formula is C21H22FNO5S. The number of ketones is 1. The predicted molar refractivity (Wildman–Crippen MR) is 107 cm³/mol. The lowest BCUT2D eigenvalue weighted by Crippen LogP contribution is -2.16. The second-order valence-corrected chi connectivity index (χ2v) is 9.36. The van der Waals surface area contributed by atoms with Crippen LogP contribution in [0.15, 0.2) is 36.4 Å². The van der Waals surface area contributed by atoms with Gasteiger partial charge in [0, 0.05) is 29.1 Å². The Morgan fingerprint density at radius 2 is 2.03 bits per heavy atom. The number of Topliss-reactive ketones (excluding diaryl/α,β-unsaturated/α-hetero) is 1. The zero-order valence-electron chi connectivity index (χ0n) is 16.2. The zero-order valence-corrected chi connectivity index (χ0v) is 17.0. The van der Waals surface area contributed by atoms with E-state index in [9.17, 15) is 22.4 Å². The maximum atomic E-state index is 13.1. The third-order valence-corrected chi connectivity index (χ3v) is 6.71. The number of nitrogens with zero attached hydrogens (tertiary/aromatic N) is 1. The summed E-state index contributed by atoms with van der Waals surface area (Å²) in [6.07, 6.45) is 3.06. The predicted octanol–water partition coefficient (Wildman–Crippen LogP) is 3.04. The molecule has 1 fully saturated rings.